The maximum Gasteiger partial charge on any atom is 0.220 e. The van der Waals surface area contributed by atoms with E-state index in [1.807, 2.05) is 43.3 Å². The number of thiazole rings is 1. The Balaban J connectivity index is 1.48. The Morgan fingerprint density at radius 2 is 1.79 bits per heavy atom. The van der Waals surface area contributed by atoms with Crippen molar-refractivity contribution in [2.75, 3.05) is 0 Å². The Morgan fingerprint density at radius 1 is 1.04 bits per heavy atom. The van der Waals surface area contributed by atoms with E-state index in [4.69, 9.17) is 0 Å². The van der Waals surface area contributed by atoms with Crippen LogP contribution in [0.1, 0.15) is 33.8 Å². The van der Waals surface area contributed by atoms with Crippen molar-refractivity contribution in [2.24, 2.45) is 0 Å². The van der Waals surface area contributed by atoms with Gasteiger partial charge in [-0.3, -0.25) is 9.59 Å². The Morgan fingerprint density at radius 3 is 2.54 bits per heavy atom. The second-order valence-corrected chi connectivity index (χ2v) is 6.76. The highest BCUT2D eigenvalue weighted by molar-refractivity contribution is 7.18. The summed E-state index contributed by atoms with van der Waals surface area (Å²) in [4.78, 5) is 28.5. The van der Waals surface area contributed by atoms with E-state index in [1.165, 1.54) is 0 Å². The van der Waals surface area contributed by atoms with Crippen molar-refractivity contribution in [1.29, 1.82) is 0 Å². The van der Waals surface area contributed by atoms with Crippen molar-refractivity contribution in [1.82, 2.24) is 10.3 Å². The Labute approximate surface area is 144 Å². The quantitative estimate of drug-likeness (QED) is 0.694. The predicted molar refractivity (Wildman–Crippen MR) is 96.2 cm³/mol. The number of carbonyl (C=O) groups excluding carboxylic acids is 2. The number of ketones is 1. The zero-order valence-corrected chi connectivity index (χ0v) is 14.2. The molecule has 0 spiro atoms. The first-order valence-electron chi connectivity index (χ1n) is 7.83. The number of amides is 1. The van der Waals surface area contributed by atoms with Gasteiger partial charge < -0.3 is 5.32 Å². The van der Waals surface area contributed by atoms with Gasteiger partial charge in [0, 0.05) is 18.4 Å². The lowest BCUT2D eigenvalue weighted by molar-refractivity contribution is -0.121. The summed E-state index contributed by atoms with van der Waals surface area (Å²) in [5, 5.41) is 3.70. The lowest BCUT2D eigenvalue weighted by atomic mass is 10.1. The number of hydrogen-bond acceptors (Lipinski definition) is 4. The standard InChI is InChI=1S/C19H18N2O2S/c1-13-6-8-14(9-7-13)16(22)10-11-18(23)20-12-19-21-15-4-2-3-5-17(15)24-19/h2-9H,10-12H2,1H3,(H,20,23). The van der Waals surface area contributed by atoms with Crippen LogP contribution < -0.4 is 5.32 Å². The molecular weight excluding hydrogens is 320 g/mol. The summed E-state index contributed by atoms with van der Waals surface area (Å²) in [7, 11) is 0. The zero-order valence-electron chi connectivity index (χ0n) is 13.4. The minimum absolute atomic E-state index is 0.00913. The lowest BCUT2D eigenvalue weighted by Crippen LogP contribution is -2.23. The van der Waals surface area contributed by atoms with Crippen LogP contribution in [0.15, 0.2) is 48.5 Å². The molecule has 122 valence electrons. The van der Waals surface area contributed by atoms with Crippen LogP contribution in [-0.2, 0) is 11.3 Å². The van der Waals surface area contributed by atoms with Crippen molar-refractivity contribution in [3.63, 3.8) is 0 Å². The molecule has 24 heavy (non-hydrogen) atoms. The molecular formula is C19H18N2O2S. The number of rotatable bonds is 6. The van der Waals surface area contributed by atoms with Gasteiger partial charge in [0.25, 0.3) is 0 Å². The highest BCUT2D eigenvalue weighted by atomic mass is 32.1. The summed E-state index contributed by atoms with van der Waals surface area (Å²) in [6.45, 7) is 2.38. The SMILES string of the molecule is Cc1ccc(C(=O)CCC(=O)NCc2nc3ccccc3s2)cc1. The molecule has 0 aliphatic heterocycles. The van der Waals surface area contributed by atoms with E-state index in [2.05, 4.69) is 10.3 Å². The summed E-state index contributed by atoms with van der Waals surface area (Å²) >= 11 is 1.57. The molecule has 1 aromatic heterocycles. The molecule has 3 aromatic rings. The molecule has 0 atom stereocenters. The van der Waals surface area contributed by atoms with Gasteiger partial charge in [-0.05, 0) is 19.1 Å². The molecule has 4 nitrogen and oxygen atoms in total. The van der Waals surface area contributed by atoms with Crippen molar-refractivity contribution in [3.05, 3.63) is 64.7 Å². The number of Topliss-reactive ketones (excluding diaryl/α,β-unsaturated/α-hetero) is 1. The number of nitrogens with one attached hydrogen (secondary N) is 1. The van der Waals surface area contributed by atoms with Crippen LogP contribution in [0.4, 0.5) is 0 Å². The van der Waals surface area contributed by atoms with Crippen LogP contribution in [-0.4, -0.2) is 16.7 Å². The molecule has 0 fully saturated rings. The van der Waals surface area contributed by atoms with Crippen LogP contribution >= 0.6 is 11.3 Å². The van der Waals surface area contributed by atoms with E-state index >= 15 is 0 Å². The van der Waals surface area contributed by atoms with Gasteiger partial charge in [0.2, 0.25) is 5.91 Å². The van der Waals surface area contributed by atoms with Crippen molar-refractivity contribution < 1.29 is 9.59 Å². The summed E-state index contributed by atoms with van der Waals surface area (Å²) < 4.78 is 1.11. The number of nitrogens with zero attached hydrogens (tertiary/aromatic N) is 1. The number of fused-ring (bicyclic) bond motifs is 1. The van der Waals surface area contributed by atoms with Crippen molar-refractivity contribution >= 4 is 33.2 Å². The maximum absolute atomic E-state index is 12.1. The van der Waals surface area contributed by atoms with Gasteiger partial charge in [-0.1, -0.05) is 42.0 Å². The van der Waals surface area contributed by atoms with Crippen molar-refractivity contribution in [3.8, 4) is 0 Å². The molecule has 3 rings (SSSR count). The van der Waals surface area contributed by atoms with Crippen LogP contribution in [0.5, 0.6) is 0 Å². The number of carbonyl (C=O) groups is 2. The van der Waals surface area contributed by atoms with Crippen molar-refractivity contribution in [2.45, 2.75) is 26.3 Å². The molecule has 1 amide bonds. The number of benzene rings is 2. The van der Waals surface area contributed by atoms with Gasteiger partial charge in [0.15, 0.2) is 5.78 Å². The molecule has 5 heteroatoms. The Bertz CT molecular complexity index is 835. The second-order valence-electron chi connectivity index (χ2n) is 5.64. The highest BCUT2D eigenvalue weighted by Gasteiger charge is 2.10. The van der Waals surface area contributed by atoms with Crippen LogP contribution in [0.3, 0.4) is 0 Å². The average molecular weight is 338 g/mol. The van der Waals surface area contributed by atoms with Crippen LogP contribution in [0.25, 0.3) is 10.2 Å². The molecule has 0 aliphatic carbocycles. The predicted octanol–water partition coefficient (Wildman–Crippen LogP) is 3.88. The van der Waals surface area contributed by atoms with E-state index < -0.39 is 0 Å². The summed E-state index contributed by atoms with van der Waals surface area (Å²) in [5.41, 5.74) is 2.71. The molecule has 0 saturated carbocycles. The molecule has 0 unspecified atom stereocenters. The van der Waals surface area contributed by atoms with Crippen LogP contribution in [0, 0.1) is 6.92 Å². The number of aromatic nitrogens is 1. The third-order valence-corrected chi connectivity index (χ3v) is 4.76. The third kappa shape index (κ3) is 4.06. The average Bonchev–Trinajstić information content (AvgIpc) is 3.01. The van der Waals surface area contributed by atoms with Crippen LogP contribution in [0.2, 0.25) is 0 Å². The van der Waals surface area contributed by atoms with Gasteiger partial charge in [-0.2, -0.15) is 0 Å². The zero-order chi connectivity index (χ0) is 16.9. The highest BCUT2D eigenvalue weighted by Crippen LogP contribution is 2.21. The van der Waals surface area contributed by atoms with E-state index in [-0.39, 0.29) is 24.5 Å². The van der Waals surface area contributed by atoms with E-state index in [9.17, 15) is 9.59 Å². The van der Waals surface area contributed by atoms with Gasteiger partial charge in [0.1, 0.15) is 5.01 Å². The topological polar surface area (TPSA) is 59.1 Å². The van der Waals surface area contributed by atoms with Gasteiger partial charge in [0.05, 0.1) is 16.8 Å². The normalized spacial score (nSPS) is 10.7. The monoisotopic (exact) mass is 338 g/mol. The Hall–Kier alpha value is -2.53. The number of hydrogen-bond donors (Lipinski definition) is 1. The molecule has 2 aromatic carbocycles. The molecule has 0 aliphatic rings. The van der Waals surface area contributed by atoms with Gasteiger partial charge in [-0.15, -0.1) is 11.3 Å². The first-order chi connectivity index (χ1) is 11.6. The second kappa shape index (κ2) is 7.36. The first-order valence-corrected chi connectivity index (χ1v) is 8.64. The fraction of sp³-hybridized carbons (Fsp3) is 0.211. The first kappa shape index (κ1) is 16.3. The molecule has 0 radical (unpaired) electrons. The molecule has 0 bridgehead atoms. The smallest absolute Gasteiger partial charge is 0.220 e. The van der Waals surface area contributed by atoms with Gasteiger partial charge in [-0.25, -0.2) is 4.98 Å². The van der Waals surface area contributed by atoms with Gasteiger partial charge >= 0.3 is 0 Å². The van der Waals surface area contributed by atoms with E-state index in [0.717, 1.165) is 20.8 Å². The number of para-hydroxylation sites is 1. The molecule has 1 N–H and O–H groups in total. The fourth-order valence-corrected chi connectivity index (χ4v) is 3.28. The number of aryl methyl sites for hydroxylation is 1. The minimum atomic E-state index is -0.130. The van der Waals surface area contributed by atoms with E-state index in [0.29, 0.717) is 12.1 Å². The largest absolute Gasteiger partial charge is 0.350 e. The molecule has 1 heterocycles. The molecule has 0 saturated heterocycles. The fourth-order valence-electron chi connectivity index (χ4n) is 2.37. The minimum Gasteiger partial charge on any atom is -0.350 e. The summed E-state index contributed by atoms with van der Waals surface area (Å²) in [6, 6.07) is 15.3. The Kier molecular flexibility index (Phi) is 5.01. The van der Waals surface area contributed by atoms with E-state index in [1.54, 1.807) is 23.5 Å². The third-order valence-electron chi connectivity index (χ3n) is 3.73. The summed E-state index contributed by atoms with van der Waals surface area (Å²) in [6.07, 6.45) is 0.409. The maximum atomic E-state index is 12.1. The lowest BCUT2D eigenvalue weighted by Gasteiger charge is -2.03. The summed E-state index contributed by atoms with van der Waals surface area (Å²) in [5.74, 6) is -0.139.